The molecule has 0 saturated carbocycles. The summed E-state index contributed by atoms with van der Waals surface area (Å²) in [6.07, 6.45) is 2.77. The van der Waals surface area contributed by atoms with Crippen LogP contribution in [0.3, 0.4) is 0 Å². The van der Waals surface area contributed by atoms with Crippen molar-refractivity contribution in [3.8, 4) is 0 Å². The summed E-state index contributed by atoms with van der Waals surface area (Å²) in [5.74, 6) is 0.0772. The lowest BCUT2D eigenvalue weighted by atomic mass is 10.4. The Hall–Kier alpha value is -0.350. The van der Waals surface area contributed by atoms with Gasteiger partial charge >= 0.3 is 0 Å². The summed E-state index contributed by atoms with van der Waals surface area (Å²) in [4.78, 5) is 0. The smallest absolute Gasteiger partial charge is 0.259 e. The molecule has 0 aliphatic rings. The van der Waals surface area contributed by atoms with E-state index in [9.17, 15) is 8.42 Å². The molecule has 0 aromatic heterocycles. The molecule has 0 aromatic rings. The van der Waals surface area contributed by atoms with Gasteiger partial charge in [0, 0.05) is 0 Å². The van der Waals surface area contributed by atoms with Crippen molar-refractivity contribution in [2.24, 2.45) is 0 Å². The molecular weight excluding hydrogens is 164 g/mol. The first-order chi connectivity index (χ1) is 5.12. The van der Waals surface area contributed by atoms with Gasteiger partial charge in [-0.1, -0.05) is 19.4 Å². The fourth-order valence-electron chi connectivity index (χ4n) is 0.493. The van der Waals surface area contributed by atoms with Crippen molar-refractivity contribution in [1.82, 2.24) is 0 Å². The number of hydrogen-bond donors (Lipinski definition) is 0. The van der Waals surface area contributed by atoms with Gasteiger partial charge in [-0.25, -0.2) is 0 Å². The maximum absolute atomic E-state index is 10.8. The van der Waals surface area contributed by atoms with Crippen molar-refractivity contribution >= 4 is 10.1 Å². The Kier molecular flexibility index (Phi) is 5.15. The van der Waals surface area contributed by atoms with Crippen molar-refractivity contribution in [2.75, 3.05) is 5.75 Å². The molecule has 0 aromatic carbocycles. The molecule has 0 aliphatic carbocycles. The van der Waals surface area contributed by atoms with E-state index in [4.69, 9.17) is 0 Å². The van der Waals surface area contributed by atoms with Gasteiger partial charge in [-0.05, 0) is 6.42 Å². The highest BCUT2D eigenvalue weighted by Crippen LogP contribution is 2.00. The minimum Gasteiger partial charge on any atom is -0.259 e. The SMILES string of the molecule is C=C[CH]OS(=O)(=O)CCCC. The van der Waals surface area contributed by atoms with Crippen molar-refractivity contribution in [3.63, 3.8) is 0 Å². The summed E-state index contributed by atoms with van der Waals surface area (Å²) in [6.45, 7) is 6.30. The van der Waals surface area contributed by atoms with E-state index in [1.165, 1.54) is 6.08 Å². The van der Waals surface area contributed by atoms with Gasteiger partial charge in [0.25, 0.3) is 10.1 Å². The molecule has 4 heteroatoms. The summed E-state index contributed by atoms with van der Waals surface area (Å²) in [5.41, 5.74) is 0. The third kappa shape index (κ3) is 6.06. The average Bonchev–Trinajstić information content (AvgIpc) is 1.97. The lowest BCUT2D eigenvalue weighted by molar-refractivity contribution is 0.411. The zero-order chi connectivity index (χ0) is 8.74. The lowest BCUT2D eigenvalue weighted by Gasteiger charge is -2.00. The van der Waals surface area contributed by atoms with Gasteiger partial charge in [0.2, 0.25) is 0 Å². The van der Waals surface area contributed by atoms with Crippen LogP contribution >= 0.6 is 0 Å². The van der Waals surface area contributed by atoms with Gasteiger partial charge in [-0.2, -0.15) is 8.42 Å². The molecule has 0 amide bonds. The van der Waals surface area contributed by atoms with Gasteiger partial charge in [0.15, 0.2) is 0 Å². The summed E-state index contributed by atoms with van der Waals surface area (Å²) in [5, 5.41) is 0. The van der Waals surface area contributed by atoms with Gasteiger partial charge in [0.1, 0.15) is 6.61 Å². The first kappa shape index (κ1) is 10.7. The molecule has 0 aliphatic heterocycles. The van der Waals surface area contributed by atoms with E-state index in [0.717, 1.165) is 13.0 Å². The van der Waals surface area contributed by atoms with E-state index in [0.29, 0.717) is 6.42 Å². The minimum atomic E-state index is -3.33. The number of unbranched alkanes of at least 4 members (excludes halogenated alkanes) is 1. The molecule has 65 valence electrons. The van der Waals surface area contributed by atoms with Crippen LogP contribution < -0.4 is 0 Å². The molecule has 0 N–H and O–H groups in total. The van der Waals surface area contributed by atoms with E-state index in [2.05, 4.69) is 10.8 Å². The van der Waals surface area contributed by atoms with E-state index < -0.39 is 10.1 Å². The third-order valence-corrected chi connectivity index (χ3v) is 2.24. The van der Waals surface area contributed by atoms with Crippen molar-refractivity contribution in [3.05, 3.63) is 19.3 Å². The van der Waals surface area contributed by atoms with E-state index >= 15 is 0 Å². The molecule has 0 spiro atoms. The summed E-state index contributed by atoms with van der Waals surface area (Å²) in [7, 11) is -3.33. The zero-order valence-electron chi connectivity index (χ0n) is 6.62. The van der Waals surface area contributed by atoms with Crippen LogP contribution in [0.1, 0.15) is 19.8 Å². The Morgan fingerprint density at radius 3 is 2.64 bits per heavy atom. The van der Waals surface area contributed by atoms with Crippen LogP contribution in [0.5, 0.6) is 0 Å². The number of rotatable bonds is 6. The summed E-state index contributed by atoms with van der Waals surface area (Å²) < 4.78 is 26.1. The molecule has 11 heavy (non-hydrogen) atoms. The predicted octanol–water partition coefficient (Wildman–Crippen LogP) is 1.48. The minimum absolute atomic E-state index is 0.0772. The van der Waals surface area contributed by atoms with Crippen LogP contribution in [-0.2, 0) is 14.3 Å². The lowest BCUT2D eigenvalue weighted by Crippen LogP contribution is -2.07. The molecule has 0 rings (SSSR count). The van der Waals surface area contributed by atoms with Crippen LogP contribution in [0.4, 0.5) is 0 Å². The molecule has 3 nitrogen and oxygen atoms in total. The molecule has 0 bridgehead atoms. The highest BCUT2D eigenvalue weighted by atomic mass is 32.2. The van der Waals surface area contributed by atoms with Crippen molar-refractivity contribution < 1.29 is 12.6 Å². The van der Waals surface area contributed by atoms with Crippen LogP contribution in [0, 0.1) is 6.61 Å². The van der Waals surface area contributed by atoms with Crippen LogP contribution in [-0.4, -0.2) is 14.2 Å². The molecular formula is C7H13O3S. The predicted molar refractivity (Wildman–Crippen MR) is 44.3 cm³/mol. The topological polar surface area (TPSA) is 43.4 Å². The van der Waals surface area contributed by atoms with Gasteiger partial charge in [-0.3, -0.25) is 4.18 Å². The van der Waals surface area contributed by atoms with E-state index in [1.807, 2.05) is 6.92 Å². The van der Waals surface area contributed by atoms with Crippen molar-refractivity contribution in [1.29, 1.82) is 0 Å². The maximum Gasteiger partial charge on any atom is 0.267 e. The number of hydrogen-bond acceptors (Lipinski definition) is 3. The average molecular weight is 177 g/mol. The molecule has 0 heterocycles. The van der Waals surface area contributed by atoms with Crippen LogP contribution in [0.15, 0.2) is 12.7 Å². The maximum atomic E-state index is 10.8. The fourth-order valence-corrected chi connectivity index (χ4v) is 1.48. The molecule has 0 fully saturated rings. The van der Waals surface area contributed by atoms with Gasteiger partial charge in [0.05, 0.1) is 5.75 Å². The second-order valence-electron chi connectivity index (χ2n) is 2.08. The normalized spacial score (nSPS) is 11.4. The van der Waals surface area contributed by atoms with Gasteiger partial charge < -0.3 is 0 Å². The Balaban J connectivity index is 3.71. The standard InChI is InChI=1S/C7H13O3S/c1-3-5-7-11(8,9)10-6-4-2/h4,6H,2-3,5,7H2,1H3. The second kappa shape index (κ2) is 5.32. The summed E-state index contributed by atoms with van der Waals surface area (Å²) in [6, 6.07) is 0. The quantitative estimate of drug-likeness (QED) is 0.577. The fraction of sp³-hybridized carbons (Fsp3) is 0.571. The van der Waals surface area contributed by atoms with E-state index in [1.54, 1.807) is 0 Å². The summed E-state index contributed by atoms with van der Waals surface area (Å²) >= 11 is 0. The highest BCUT2D eigenvalue weighted by molar-refractivity contribution is 7.86. The second-order valence-corrected chi connectivity index (χ2v) is 3.80. The largest absolute Gasteiger partial charge is 0.267 e. The zero-order valence-corrected chi connectivity index (χ0v) is 7.43. The van der Waals surface area contributed by atoms with Crippen LogP contribution in [0.2, 0.25) is 0 Å². The first-order valence-electron chi connectivity index (χ1n) is 3.47. The van der Waals surface area contributed by atoms with E-state index in [-0.39, 0.29) is 5.75 Å². The molecule has 0 saturated heterocycles. The first-order valence-corrected chi connectivity index (χ1v) is 5.05. The molecule has 0 unspecified atom stereocenters. The Bertz CT molecular complexity index is 194. The molecule has 0 atom stereocenters. The highest BCUT2D eigenvalue weighted by Gasteiger charge is 2.08. The van der Waals surface area contributed by atoms with Crippen molar-refractivity contribution in [2.45, 2.75) is 19.8 Å². The Morgan fingerprint density at radius 2 is 2.18 bits per heavy atom. The van der Waals surface area contributed by atoms with Gasteiger partial charge in [-0.15, -0.1) is 6.58 Å². The monoisotopic (exact) mass is 177 g/mol. The third-order valence-electron chi connectivity index (χ3n) is 1.05. The Labute approximate surface area is 68.2 Å². The molecule has 1 radical (unpaired) electrons. The van der Waals surface area contributed by atoms with Crippen LogP contribution in [0.25, 0.3) is 0 Å². The Morgan fingerprint density at radius 1 is 1.55 bits per heavy atom.